The Labute approximate surface area is 114 Å². The average molecular weight is 263 g/mol. The first-order chi connectivity index (χ1) is 9.20. The summed E-state index contributed by atoms with van der Waals surface area (Å²) >= 11 is 0. The predicted molar refractivity (Wildman–Crippen MR) is 73.4 cm³/mol. The van der Waals surface area contributed by atoms with Crippen LogP contribution in [0.4, 0.5) is 0 Å². The Morgan fingerprint density at radius 3 is 3.11 bits per heavy atom. The van der Waals surface area contributed by atoms with Crippen LogP contribution in [0.15, 0.2) is 24.3 Å². The van der Waals surface area contributed by atoms with Gasteiger partial charge in [-0.25, -0.2) is 0 Å². The molecular weight excluding hydrogens is 242 g/mol. The van der Waals surface area contributed by atoms with Crippen molar-refractivity contribution in [2.24, 2.45) is 0 Å². The van der Waals surface area contributed by atoms with Crippen LogP contribution in [0.1, 0.15) is 36.5 Å². The molecule has 1 amide bonds. The fourth-order valence-corrected chi connectivity index (χ4v) is 2.26. The molecule has 4 nitrogen and oxygen atoms in total. The van der Waals surface area contributed by atoms with Crippen LogP contribution in [0.3, 0.4) is 0 Å². The Kier molecular flexibility index (Phi) is 4.80. The number of carbonyl (C=O) groups is 1. The van der Waals surface area contributed by atoms with Crippen LogP contribution in [0.5, 0.6) is 5.75 Å². The molecule has 0 bridgehead atoms. The summed E-state index contributed by atoms with van der Waals surface area (Å²) in [4.78, 5) is 14.0. The van der Waals surface area contributed by atoms with Gasteiger partial charge in [0.2, 0.25) is 0 Å². The number of benzene rings is 1. The van der Waals surface area contributed by atoms with Gasteiger partial charge in [0, 0.05) is 18.7 Å². The lowest BCUT2D eigenvalue weighted by Gasteiger charge is -2.30. The van der Waals surface area contributed by atoms with Crippen LogP contribution in [0.2, 0.25) is 0 Å². The van der Waals surface area contributed by atoms with E-state index in [-0.39, 0.29) is 5.91 Å². The van der Waals surface area contributed by atoms with Crippen molar-refractivity contribution in [3.63, 3.8) is 0 Å². The largest absolute Gasteiger partial charge is 0.494 e. The van der Waals surface area contributed by atoms with Crippen molar-refractivity contribution in [2.75, 3.05) is 19.7 Å². The van der Waals surface area contributed by atoms with Crippen molar-refractivity contribution in [2.45, 2.75) is 32.3 Å². The van der Waals surface area contributed by atoms with Gasteiger partial charge in [0.05, 0.1) is 12.7 Å². The normalized spacial score (nSPS) is 19.3. The number of hydrogen-bond acceptors (Lipinski definition) is 3. The average Bonchev–Trinajstić information content (AvgIpc) is 2.44. The van der Waals surface area contributed by atoms with E-state index in [9.17, 15) is 9.90 Å². The Bertz CT molecular complexity index is 433. The fraction of sp³-hybridized carbons (Fsp3) is 0.533. The Hall–Kier alpha value is -1.55. The number of aliphatic hydroxyl groups excluding tert-OH is 1. The van der Waals surface area contributed by atoms with E-state index in [1.807, 2.05) is 19.1 Å². The summed E-state index contributed by atoms with van der Waals surface area (Å²) < 4.78 is 5.53. The molecule has 1 saturated heterocycles. The van der Waals surface area contributed by atoms with Crippen molar-refractivity contribution >= 4 is 5.91 Å². The van der Waals surface area contributed by atoms with Gasteiger partial charge in [-0.2, -0.15) is 0 Å². The highest BCUT2D eigenvalue weighted by atomic mass is 16.5. The second kappa shape index (κ2) is 6.57. The minimum Gasteiger partial charge on any atom is -0.494 e. The van der Waals surface area contributed by atoms with Crippen LogP contribution in [0.25, 0.3) is 0 Å². The molecule has 1 heterocycles. The molecule has 4 heteroatoms. The summed E-state index contributed by atoms with van der Waals surface area (Å²) in [6.45, 7) is 3.85. The molecule has 0 radical (unpaired) electrons. The van der Waals surface area contributed by atoms with E-state index in [1.54, 1.807) is 17.0 Å². The number of β-amino-alcohol motifs (C(OH)–C–C–N with tert-alkyl or cyclic N) is 1. The molecule has 1 aliphatic rings. The van der Waals surface area contributed by atoms with E-state index >= 15 is 0 Å². The maximum Gasteiger partial charge on any atom is 0.254 e. The second-order valence-corrected chi connectivity index (χ2v) is 4.92. The molecule has 0 aliphatic carbocycles. The first kappa shape index (κ1) is 13.9. The maximum atomic E-state index is 12.3. The van der Waals surface area contributed by atoms with Crippen molar-refractivity contribution in [1.29, 1.82) is 0 Å². The summed E-state index contributed by atoms with van der Waals surface area (Å²) in [5.41, 5.74) is 0.628. The van der Waals surface area contributed by atoms with Crippen molar-refractivity contribution < 1.29 is 14.6 Å². The lowest BCUT2D eigenvalue weighted by atomic mass is 10.1. The molecule has 19 heavy (non-hydrogen) atoms. The standard InChI is InChI=1S/C15H21NO3/c1-2-9-19-14-7-3-5-12(10-14)15(18)16-8-4-6-13(17)11-16/h3,5,7,10,13,17H,2,4,6,8-9,11H2,1H3. The van der Waals surface area contributed by atoms with Gasteiger partial charge in [-0.3, -0.25) is 4.79 Å². The summed E-state index contributed by atoms with van der Waals surface area (Å²) in [5, 5.41) is 9.63. The first-order valence-electron chi connectivity index (χ1n) is 6.91. The first-order valence-corrected chi connectivity index (χ1v) is 6.91. The molecule has 1 aromatic rings. The number of aliphatic hydroxyl groups is 1. The lowest BCUT2D eigenvalue weighted by molar-refractivity contribution is 0.0473. The van der Waals surface area contributed by atoms with Gasteiger partial charge in [0.1, 0.15) is 5.75 Å². The Morgan fingerprint density at radius 1 is 1.53 bits per heavy atom. The highest BCUT2D eigenvalue weighted by molar-refractivity contribution is 5.94. The van der Waals surface area contributed by atoms with Crippen LogP contribution < -0.4 is 4.74 Å². The number of hydrogen-bond donors (Lipinski definition) is 1. The van der Waals surface area contributed by atoms with E-state index in [0.717, 1.165) is 31.6 Å². The van der Waals surface area contributed by atoms with Gasteiger partial charge >= 0.3 is 0 Å². The molecule has 0 aromatic heterocycles. The summed E-state index contributed by atoms with van der Waals surface area (Å²) in [7, 11) is 0. The molecule has 1 unspecified atom stereocenters. The van der Waals surface area contributed by atoms with Crippen LogP contribution >= 0.6 is 0 Å². The van der Waals surface area contributed by atoms with E-state index in [2.05, 4.69) is 0 Å². The number of ether oxygens (including phenoxy) is 1. The van der Waals surface area contributed by atoms with Crippen LogP contribution in [0, 0.1) is 0 Å². The van der Waals surface area contributed by atoms with E-state index < -0.39 is 6.10 Å². The third-order valence-corrected chi connectivity index (χ3v) is 3.24. The topological polar surface area (TPSA) is 49.8 Å². The number of rotatable bonds is 4. The molecule has 1 aromatic carbocycles. The molecule has 0 spiro atoms. The van der Waals surface area contributed by atoms with Gasteiger partial charge < -0.3 is 14.7 Å². The molecule has 0 saturated carbocycles. The molecule has 1 aliphatic heterocycles. The Morgan fingerprint density at radius 2 is 2.37 bits per heavy atom. The number of piperidine rings is 1. The highest BCUT2D eigenvalue weighted by Crippen LogP contribution is 2.18. The third-order valence-electron chi connectivity index (χ3n) is 3.24. The summed E-state index contributed by atoms with van der Waals surface area (Å²) in [6, 6.07) is 7.26. The molecule has 104 valence electrons. The second-order valence-electron chi connectivity index (χ2n) is 4.92. The molecular formula is C15H21NO3. The van der Waals surface area contributed by atoms with Crippen molar-refractivity contribution in [3.8, 4) is 5.75 Å². The minimum atomic E-state index is -0.391. The van der Waals surface area contributed by atoms with Crippen molar-refractivity contribution in [1.82, 2.24) is 4.90 Å². The molecule has 1 fully saturated rings. The summed E-state index contributed by atoms with van der Waals surface area (Å²) in [5.74, 6) is 0.700. The van der Waals surface area contributed by atoms with Gasteiger partial charge in [-0.1, -0.05) is 13.0 Å². The lowest BCUT2D eigenvalue weighted by Crippen LogP contribution is -2.42. The molecule has 1 atom stereocenters. The molecule has 2 rings (SSSR count). The fourth-order valence-electron chi connectivity index (χ4n) is 2.26. The van der Waals surface area contributed by atoms with Gasteiger partial charge in [-0.15, -0.1) is 0 Å². The molecule has 1 N–H and O–H groups in total. The van der Waals surface area contributed by atoms with Gasteiger partial charge in [0.25, 0.3) is 5.91 Å². The minimum absolute atomic E-state index is 0.0271. The Balaban J connectivity index is 2.05. The van der Waals surface area contributed by atoms with Gasteiger partial charge in [-0.05, 0) is 37.5 Å². The van der Waals surface area contributed by atoms with Crippen LogP contribution in [-0.2, 0) is 0 Å². The predicted octanol–water partition coefficient (Wildman–Crippen LogP) is 2.07. The number of amides is 1. The zero-order valence-electron chi connectivity index (χ0n) is 11.3. The summed E-state index contributed by atoms with van der Waals surface area (Å²) in [6.07, 6.45) is 2.19. The van der Waals surface area contributed by atoms with Crippen LogP contribution in [-0.4, -0.2) is 41.7 Å². The zero-order valence-corrected chi connectivity index (χ0v) is 11.3. The number of carbonyl (C=O) groups excluding carboxylic acids is 1. The monoisotopic (exact) mass is 263 g/mol. The van der Waals surface area contributed by atoms with Gasteiger partial charge in [0.15, 0.2) is 0 Å². The smallest absolute Gasteiger partial charge is 0.254 e. The van der Waals surface area contributed by atoms with E-state index in [4.69, 9.17) is 4.74 Å². The highest BCUT2D eigenvalue weighted by Gasteiger charge is 2.23. The third kappa shape index (κ3) is 3.70. The van der Waals surface area contributed by atoms with E-state index in [1.165, 1.54) is 0 Å². The zero-order chi connectivity index (χ0) is 13.7. The quantitative estimate of drug-likeness (QED) is 0.904. The maximum absolute atomic E-state index is 12.3. The number of nitrogens with zero attached hydrogens (tertiary/aromatic N) is 1. The SMILES string of the molecule is CCCOc1cccc(C(=O)N2CCCC(O)C2)c1. The van der Waals surface area contributed by atoms with Crippen molar-refractivity contribution in [3.05, 3.63) is 29.8 Å². The number of likely N-dealkylation sites (tertiary alicyclic amines) is 1. The van der Waals surface area contributed by atoms with E-state index in [0.29, 0.717) is 18.7 Å².